The molecule has 36 heavy (non-hydrogen) atoms. The Labute approximate surface area is 215 Å². The monoisotopic (exact) mass is 504 g/mol. The summed E-state index contributed by atoms with van der Waals surface area (Å²) in [5.41, 5.74) is 0.412. The fourth-order valence-corrected chi connectivity index (χ4v) is 4.37. The molecule has 0 aromatic heterocycles. The molecule has 0 saturated heterocycles. The Morgan fingerprint density at radius 3 is 2.36 bits per heavy atom. The van der Waals surface area contributed by atoms with Crippen molar-refractivity contribution in [3.63, 3.8) is 0 Å². The van der Waals surface area contributed by atoms with Gasteiger partial charge in [0.25, 0.3) is 0 Å². The molecule has 0 amide bonds. The molecule has 0 bridgehead atoms. The second kappa shape index (κ2) is 14.9. The first-order valence-electron chi connectivity index (χ1n) is 13.2. The molecule has 0 aliphatic rings. The SMILES string of the molecule is CCCCCCCC(CCOC(C)(C)C[C@H](F)[C@H](C)Oc1ccc(C(=O)O)cc1F)c1ccccc1. The van der Waals surface area contributed by atoms with Crippen LogP contribution in [-0.2, 0) is 4.74 Å². The van der Waals surface area contributed by atoms with Crippen molar-refractivity contribution >= 4 is 5.97 Å². The van der Waals surface area contributed by atoms with Gasteiger partial charge in [0.2, 0.25) is 0 Å². The van der Waals surface area contributed by atoms with Gasteiger partial charge in [0.05, 0.1) is 11.2 Å². The summed E-state index contributed by atoms with van der Waals surface area (Å²) < 4.78 is 40.8. The average Bonchev–Trinajstić information content (AvgIpc) is 2.84. The molecule has 2 aromatic carbocycles. The lowest BCUT2D eigenvalue weighted by atomic mass is 9.90. The Morgan fingerprint density at radius 2 is 1.72 bits per heavy atom. The molecule has 0 aliphatic heterocycles. The summed E-state index contributed by atoms with van der Waals surface area (Å²) in [6.07, 6.45) is 5.98. The quantitative estimate of drug-likeness (QED) is 0.220. The Bertz CT molecular complexity index is 916. The van der Waals surface area contributed by atoms with Crippen LogP contribution in [0.1, 0.15) is 101 Å². The van der Waals surface area contributed by atoms with Crippen LogP contribution in [0.2, 0.25) is 0 Å². The highest BCUT2D eigenvalue weighted by Crippen LogP contribution is 2.29. The fraction of sp³-hybridized carbons (Fsp3) is 0.567. The standard InChI is InChI=1S/C30H42F2O4/c1-5-6-7-8-10-15-24(23-13-11-9-12-14-23)18-19-35-30(3,4)21-27(32)22(2)36-28-17-16-25(29(33)34)20-26(28)31/h9,11-14,16-17,20,22,24,27H,5-8,10,15,18-19,21H2,1-4H3,(H,33,34)/t22-,24?,27-/m0/s1. The van der Waals surface area contributed by atoms with Gasteiger partial charge in [-0.15, -0.1) is 0 Å². The molecule has 0 fully saturated rings. The smallest absolute Gasteiger partial charge is 0.335 e. The highest BCUT2D eigenvalue weighted by atomic mass is 19.1. The van der Waals surface area contributed by atoms with E-state index < -0.39 is 29.7 Å². The van der Waals surface area contributed by atoms with Crippen LogP contribution in [0.5, 0.6) is 5.75 Å². The molecular weight excluding hydrogens is 462 g/mol. The van der Waals surface area contributed by atoms with Gasteiger partial charge in [0.1, 0.15) is 12.3 Å². The normalized spacial score (nSPS) is 14.3. The number of alkyl halides is 1. The van der Waals surface area contributed by atoms with Gasteiger partial charge in [-0.2, -0.15) is 0 Å². The van der Waals surface area contributed by atoms with Gasteiger partial charge in [-0.1, -0.05) is 69.4 Å². The minimum absolute atomic E-state index is 0.0933. The highest BCUT2D eigenvalue weighted by Gasteiger charge is 2.29. The van der Waals surface area contributed by atoms with Crippen LogP contribution >= 0.6 is 0 Å². The van der Waals surface area contributed by atoms with Crippen molar-refractivity contribution in [3.8, 4) is 5.75 Å². The summed E-state index contributed by atoms with van der Waals surface area (Å²) in [7, 11) is 0. The number of benzene rings is 2. The van der Waals surface area contributed by atoms with E-state index >= 15 is 4.39 Å². The van der Waals surface area contributed by atoms with E-state index in [9.17, 15) is 9.18 Å². The van der Waals surface area contributed by atoms with E-state index in [-0.39, 0.29) is 17.7 Å². The average molecular weight is 505 g/mol. The molecule has 1 unspecified atom stereocenters. The number of aromatic carboxylic acids is 1. The van der Waals surface area contributed by atoms with E-state index in [4.69, 9.17) is 14.6 Å². The number of unbranched alkanes of at least 4 members (excludes halogenated alkanes) is 4. The van der Waals surface area contributed by atoms with E-state index in [1.807, 2.05) is 19.9 Å². The topological polar surface area (TPSA) is 55.8 Å². The lowest BCUT2D eigenvalue weighted by Crippen LogP contribution is -2.35. The zero-order valence-corrected chi connectivity index (χ0v) is 22.1. The maximum atomic E-state index is 15.0. The summed E-state index contributed by atoms with van der Waals surface area (Å²) in [6.45, 7) is 8.00. The Kier molecular flexibility index (Phi) is 12.3. The fourth-order valence-electron chi connectivity index (χ4n) is 4.37. The highest BCUT2D eigenvalue weighted by molar-refractivity contribution is 5.87. The Balaban J connectivity index is 1.86. The molecule has 2 aromatic rings. The molecule has 1 N–H and O–H groups in total. The minimum Gasteiger partial charge on any atom is -0.485 e. The number of halogens is 2. The number of ether oxygens (including phenoxy) is 2. The van der Waals surface area contributed by atoms with E-state index in [1.165, 1.54) is 56.7 Å². The van der Waals surface area contributed by atoms with E-state index in [2.05, 4.69) is 31.2 Å². The molecular formula is C30H42F2O4. The second-order valence-electron chi connectivity index (χ2n) is 10.2. The van der Waals surface area contributed by atoms with Gasteiger partial charge in [0.15, 0.2) is 11.6 Å². The first-order valence-corrected chi connectivity index (χ1v) is 13.2. The van der Waals surface area contributed by atoms with Crippen LogP contribution in [0.3, 0.4) is 0 Å². The lowest BCUT2D eigenvalue weighted by Gasteiger charge is -2.30. The van der Waals surface area contributed by atoms with Gasteiger partial charge in [-0.25, -0.2) is 13.6 Å². The second-order valence-corrected chi connectivity index (χ2v) is 10.2. The number of carboxylic acid groups (broad SMARTS) is 1. The zero-order chi connectivity index (χ0) is 26.6. The number of carbonyl (C=O) groups is 1. The lowest BCUT2D eigenvalue weighted by molar-refractivity contribution is -0.0527. The predicted molar refractivity (Wildman–Crippen MR) is 140 cm³/mol. The number of hydrogen-bond donors (Lipinski definition) is 1. The number of hydrogen-bond acceptors (Lipinski definition) is 3. The van der Waals surface area contributed by atoms with Gasteiger partial charge >= 0.3 is 5.97 Å². The summed E-state index contributed by atoms with van der Waals surface area (Å²) in [6, 6.07) is 13.8. The molecule has 6 heteroatoms. The van der Waals surface area contributed by atoms with Crippen LogP contribution in [0, 0.1) is 5.82 Å². The first kappa shape index (κ1) is 29.8. The largest absolute Gasteiger partial charge is 0.485 e. The van der Waals surface area contributed by atoms with E-state index in [1.54, 1.807) is 0 Å². The third-order valence-corrected chi connectivity index (χ3v) is 6.57. The molecule has 200 valence electrons. The van der Waals surface area contributed by atoms with E-state index in [0.717, 1.165) is 18.9 Å². The Hall–Kier alpha value is -2.47. The van der Waals surface area contributed by atoms with Gasteiger partial charge < -0.3 is 14.6 Å². The van der Waals surface area contributed by atoms with Crippen LogP contribution in [0.15, 0.2) is 48.5 Å². The molecule has 2 rings (SSSR count). The number of carboxylic acids is 1. The van der Waals surface area contributed by atoms with Crippen molar-refractivity contribution in [2.24, 2.45) is 0 Å². The third kappa shape index (κ3) is 10.3. The predicted octanol–water partition coefficient (Wildman–Crippen LogP) is 8.35. The van der Waals surface area contributed by atoms with Crippen LogP contribution < -0.4 is 4.74 Å². The van der Waals surface area contributed by atoms with Crippen LogP contribution in [-0.4, -0.2) is 35.6 Å². The summed E-state index contributed by atoms with van der Waals surface area (Å²) in [5, 5.41) is 8.96. The van der Waals surface area contributed by atoms with Crippen molar-refractivity contribution in [1.29, 1.82) is 0 Å². The maximum Gasteiger partial charge on any atom is 0.335 e. The maximum absolute atomic E-state index is 15.0. The van der Waals surface area contributed by atoms with Gasteiger partial charge in [0, 0.05) is 13.0 Å². The molecule has 3 atom stereocenters. The Morgan fingerprint density at radius 1 is 1.03 bits per heavy atom. The zero-order valence-electron chi connectivity index (χ0n) is 22.1. The van der Waals surface area contributed by atoms with Crippen LogP contribution in [0.25, 0.3) is 0 Å². The molecule has 0 radical (unpaired) electrons. The van der Waals surface area contributed by atoms with E-state index in [0.29, 0.717) is 12.5 Å². The van der Waals surface area contributed by atoms with Gasteiger partial charge in [-0.05, 0) is 63.3 Å². The third-order valence-electron chi connectivity index (χ3n) is 6.57. The van der Waals surface area contributed by atoms with Crippen molar-refractivity contribution < 1.29 is 28.2 Å². The summed E-state index contributed by atoms with van der Waals surface area (Å²) in [5.74, 6) is -1.82. The van der Waals surface area contributed by atoms with Crippen molar-refractivity contribution in [1.82, 2.24) is 0 Å². The summed E-state index contributed by atoms with van der Waals surface area (Å²) >= 11 is 0. The molecule has 0 saturated carbocycles. The van der Waals surface area contributed by atoms with Gasteiger partial charge in [-0.3, -0.25) is 0 Å². The van der Waals surface area contributed by atoms with Crippen molar-refractivity contribution in [2.75, 3.05) is 6.61 Å². The van der Waals surface area contributed by atoms with Crippen LogP contribution in [0.4, 0.5) is 8.78 Å². The molecule has 0 heterocycles. The molecule has 0 spiro atoms. The van der Waals surface area contributed by atoms with Crippen molar-refractivity contribution in [3.05, 3.63) is 65.5 Å². The molecule has 4 nitrogen and oxygen atoms in total. The molecule has 0 aliphatic carbocycles. The summed E-state index contributed by atoms with van der Waals surface area (Å²) in [4.78, 5) is 11.0. The minimum atomic E-state index is -1.39. The first-order chi connectivity index (χ1) is 17.1. The number of rotatable bonds is 17. The van der Waals surface area contributed by atoms with Crippen molar-refractivity contribution in [2.45, 2.75) is 103 Å².